The lowest BCUT2D eigenvalue weighted by atomic mass is 9.99. The molecule has 0 saturated carbocycles. The average molecular weight is 1070 g/mol. The fourth-order valence-corrected chi connectivity index (χ4v) is 13.6. The van der Waals surface area contributed by atoms with Gasteiger partial charge in [-0.05, 0) is 154 Å². The number of benzene rings is 14. The van der Waals surface area contributed by atoms with Crippen LogP contribution in [0.2, 0.25) is 0 Å². The molecule has 18 rings (SSSR count). The van der Waals surface area contributed by atoms with E-state index in [9.17, 15) is 0 Å². The second-order valence-electron chi connectivity index (χ2n) is 22.1. The summed E-state index contributed by atoms with van der Waals surface area (Å²) in [5.41, 5.74) is 16.4. The van der Waals surface area contributed by atoms with Crippen LogP contribution < -0.4 is 9.80 Å². The van der Waals surface area contributed by atoms with Crippen molar-refractivity contribution in [1.82, 2.24) is 9.13 Å². The van der Waals surface area contributed by atoms with Gasteiger partial charge in [-0.15, -0.1) is 0 Å². The van der Waals surface area contributed by atoms with Crippen LogP contribution in [0.15, 0.2) is 300 Å². The predicted molar refractivity (Wildman–Crippen MR) is 352 cm³/mol. The largest absolute Gasteiger partial charge is 0.456 e. The molecule has 84 heavy (non-hydrogen) atoms. The van der Waals surface area contributed by atoms with Crippen LogP contribution >= 0.6 is 0 Å². The van der Waals surface area contributed by atoms with E-state index in [1.165, 1.54) is 53.9 Å². The number of anilines is 6. The van der Waals surface area contributed by atoms with E-state index in [1.54, 1.807) is 0 Å². The van der Waals surface area contributed by atoms with E-state index in [2.05, 4.69) is 286 Å². The third kappa shape index (κ3) is 7.04. The number of para-hydroxylation sites is 4. The molecule has 0 fully saturated rings. The van der Waals surface area contributed by atoms with Gasteiger partial charge in [0.2, 0.25) is 0 Å². The lowest BCUT2D eigenvalue weighted by molar-refractivity contribution is 0.668. The lowest BCUT2D eigenvalue weighted by Gasteiger charge is -2.26. The molecule has 6 nitrogen and oxygen atoms in total. The highest BCUT2D eigenvalue weighted by atomic mass is 16.3. The van der Waals surface area contributed by atoms with Crippen molar-refractivity contribution in [2.75, 3.05) is 9.80 Å². The van der Waals surface area contributed by atoms with Gasteiger partial charge in [0.1, 0.15) is 22.3 Å². The van der Waals surface area contributed by atoms with E-state index in [-0.39, 0.29) is 0 Å². The minimum Gasteiger partial charge on any atom is -0.456 e. The van der Waals surface area contributed by atoms with Crippen LogP contribution in [-0.2, 0) is 0 Å². The Morgan fingerprint density at radius 1 is 0.214 bits per heavy atom. The molecule has 18 aromatic rings. The second kappa shape index (κ2) is 18.1. The van der Waals surface area contributed by atoms with Gasteiger partial charge in [0.25, 0.3) is 0 Å². The zero-order valence-electron chi connectivity index (χ0n) is 45.3. The molecule has 4 heterocycles. The summed E-state index contributed by atoms with van der Waals surface area (Å²) < 4.78 is 18.0. The summed E-state index contributed by atoms with van der Waals surface area (Å²) in [5.74, 6) is 0. The summed E-state index contributed by atoms with van der Waals surface area (Å²) in [4.78, 5) is 4.75. The minimum atomic E-state index is 0.852. The number of furan rings is 2. The Morgan fingerprint density at radius 2 is 0.548 bits per heavy atom. The Balaban J connectivity index is 0.863. The van der Waals surface area contributed by atoms with E-state index in [0.717, 1.165) is 111 Å². The molecule has 0 aliphatic heterocycles. The number of aromatic nitrogens is 2. The summed E-state index contributed by atoms with van der Waals surface area (Å²) >= 11 is 0. The molecule has 0 atom stereocenters. The molecule has 392 valence electrons. The van der Waals surface area contributed by atoms with Crippen LogP contribution in [0, 0.1) is 0 Å². The van der Waals surface area contributed by atoms with Gasteiger partial charge in [-0.25, -0.2) is 0 Å². The highest BCUT2D eigenvalue weighted by Gasteiger charge is 2.25. The zero-order chi connectivity index (χ0) is 55.0. The van der Waals surface area contributed by atoms with Crippen molar-refractivity contribution in [3.63, 3.8) is 0 Å². The Bertz CT molecular complexity index is 5360. The van der Waals surface area contributed by atoms with Gasteiger partial charge in [0.05, 0.1) is 22.1 Å². The smallest absolute Gasteiger partial charge is 0.137 e. The summed E-state index contributed by atoms with van der Waals surface area (Å²) in [7, 11) is 0. The van der Waals surface area contributed by atoms with Crippen molar-refractivity contribution >= 4 is 154 Å². The summed E-state index contributed by atoms with van der Waals surface area (Å²) in [5, 5.41) is 16.3. The summed E-state index contributed by atoms with van der Waals surface area (Å²) in [6.45, 7) is 0. The van der Waals surface area contributed by atoms with Crippen LogP contribution in [0.4, 0.5) is 34.1 Å². The molecule has 14 aromatic carbocycles. The maximum Gasteiger partial charge on any atom is 0.137 e. The SMILES string of the molecule is c1ccc(-n2c3cc(N(c4ccc5ccccc5c4)c4ccc5c(c4)oc4ccccc45)ccc3c3c4ccc5c(c4ccc32)c2ccc(N(c3ccc4ccccc4c3)c3ccc4c(c3)oc3ccccc34)cc2n5-c2ccccc2)cc1. The molecule has 0 N–H and O–H groups in total. The van der Waals surface area contributed by atoms with E-state index >= 15 is 0 Å². The molecule has 0 amide bonds. The maximum atomic E-state index is 6.55. The van der Waals surface area contributed by atoms with Gasteiger partial charge in [-0.3, -0.25) is 0 Å². The number of hydrogen-bond acceptors (Lipinski definition) is 4. The monoisotopic (exact) mass is 1070 g/mol. The number of nitrogens with zero attached hydrogens (tertiary/aromatic N) is 4. The molecule has 0 saturated heterocycles. The molecule has 0 radical (unpaired) electrons. The fourth-order valence-electron chi connectivity index (χ4n) is 13.6. The molecular weight excluding hydrogens is 1020 g/mol. The van der Waals surface area contributed by atoms with Gasteiger partial charge in [0, 0.05) is 101 Å². The first-order valence-electron chi connectivity index (χ1n) is 28.6. The number of hydrogen-bond donors (Lipinski definition) is 0. The zero-order valence-corrected chi connectivity index (χ0v) is 45.3. The van der Waals surface area contributed by atoms with Crippen LogP contribution in [-0.4, -0.2) is 9.13 Å². The topological polar surface area (TPSA) is 42.6 Å². The van der Waals surface area contributed by atoms with E-state index in [1.807, 2.05) is 24.3 Å². The molecular formula is C78H48N4O2. The summed E-state index contributed by atoms with van der Waals surface area (Å²) in [6, 6.07) is 106. The van der Waals surface area contributed by atoms with Crippen molar-refractivity contribution in [3.05, 3.63) is 291 Å². The average Bonchev–Trinajstić information content (AvgIpc) is 2.69. The Morgan fingerprint density at radius 3 is 1.00 bits per heavy atom. The van der Waals surface area contributed by atoms with Gasteiger partial charge < -0.3 is 27.8 Å². The lowest BCUT2D eigenvalue weighted by Crippen LogP contribution is -2.10. The van der Waals surface area contributed by atoms with E-state index < -0.39 is 0 Å². The highest BCUT2D eigenvalue weighted by molar-refractivity contribution is 6.30. The number of fused-ring (bicyclic) bond motifs is 17. The van der Waals surface area contributed by atoms with Gasteiger partial charge in [-0.1, -0.05) is 158 Å². The Kier molecular flexibility index (Phi) is 9.99. The first-order valence-corrected chi connectivity index (χ1v) is 28.6. The van der Waals surface area contributed by atoms with Crippen molar-refractivity contribution in [3.8, 4) is 11.4 Å². The van der Waals surface area contributed by atoms with Gasteiger partial charge >= 0.3 is 0 Å². The quantitative estimate of drug-likeness (QED) is 0.152. The van der Waals surface area contributed by atoms with E-state index in [4.69, 9.17) is 8.83 Å². The van der Waals surface area contributed by atoms with Gasteiger partial charge in [-0.2, -0.15) is 0 Å². The van der Waals surface area contributed by atoms with Crippen LogP contribution in [0.3, 0.4) is 0 Å². The van der Waals surface area contributed by atoms with Crippen LogP contribution in [0.5, 0.6) is 0 Å². The Labute approximate surface area is 481 Å². The first kappa shape index (κ1) is 46.4. The fraction of sp³-hybridized carbons (Fsp3) is 0. The molecule has 4 aromatic heterocycles. The number of rotatable bonds is 8. The third-order valence-electron chi connectivity index (χ3n) is 17.4. The Hall–Kier alpha value is -11.3. The van der Waals surface area contributed by atoms with Crippen molar-refractivity contribution < 1.29 is 8.83 Å². The molecule has 0 unspecified atom stereocenters. The maximum absolute atomic E-state index is 6.55. The second-order valence-corrected chi connectivity index (χ2v) is 22.1. The predicted octanol–water partition coefficient (Wildman–Crippen LogP) is 22.1. The standard InChI is InChI=1S/C78H48N4O2/c1-3-19-53(20-4-1)81-69-41-39-66-65(77(69)67-37-33-57(45-71(67)81)79(55-29-27-49-15-7-9-17-51(49)43-55)59-31-35-63-61-23-11-13-25-73(61)83-75(63)47-59)40-42-70-78(66)68-38-34-58(46-72(68)82(70)54-21-5-2-6-22-54)80(56-30-28-50-16-8-10-18-52(50)44-56)60-32-36-64-62-24-12-14-26-74(62)84-76(64)48-60/h1-48H. The van der Waals surface area contributed by atoms with Crippen LogP contribution in [0.25, 0.3) is 131 Å². The molecule has 0 aliphatic rings. The molecule has 0 spiro atoms. The van der Waals surface area contributed by atoms with Crippen molar-refractivity contribution in [1.29, 1.82) is 0 Å². The van der Waals surface area contributed by atoms with Crippen LogP contribution in [0.1, 0.15) is 0 Å². The molecule has 0 aliphatic carbocycles. The highest BCUT2D eigenvalue weighted by Crippen LogP contribution is 2.48. The van der Waals surface area contributed by atoms with Crippen molar-refractivity contribution in [2.24, 2.45) is 0 Å². The van der Waals surface area contributed by atoms with E-state index in [0.29, 0.717) is 0 Å². The minimum absolute atomic E-state index is 0.852. The molecule has 6 heteroatoms. The summed E-state index contributed by atoms with van der Waals surface area (Å²) in [6.07, 6.45) is 0. The normalized spacial score (nSPS) is 12.0. The van der Waals surface area contributed by atoms with Gasteiger partial charge in [0.15, 0.2) is 0 Å². The third-order valence-corrected chi connectivity index (χ3v) is 17.4. The first-order chi connectivity index (χ1) is 41.6. The molecule has 0 bridgehead atoms. The van der Waals surface area contributed by atoms with Crippen molar-refractivity contribution in [2.45, 2.75) is 0 Å².